The Morgan fingerprint density at radius 2 is 1.65 bits per heavy atom. The third-order valence-corrected chi connectivity index (χ3v) is 3.69. The monoisotopic (exact) mass is 329 g/mol. The molecule has 0 atom stereocenters. The van der Waals surface area contributed by atoms with Crippen LogP contribution in [-0.4, -0.2) is 63.3 Å². The molecule has 0 aromatic rings. The molecular formula is C9H18F5N2O3S+. The largest absolute Gasteiger partial charge is 0.453 e. The van der Waals surface area contributed by atoms with E-state index in [1.807, 2.05) is 4.72 Å². The van der Waals surface area contributed by atoms with Crippen LogP contribution in [0.1, 0.15) is 12.8 Å². The van der Waals surface area contributed by atoms with Gasteiger partial charge in [0, 0.05) is 19.4 Å². The number of alkyl halides is 5. The Hall–Kier alpha value is -0.520. The third-order valence-electron chi connectivity index (χ3n) is 2.30. The summed E-state index contributed by atoms with van der Waals surface area (Å²) in [5.41, 5.74) is 0. The quantitative estimate of drug-likeness (QED) is 0.306. The minimum atomic E-state index is -5.76. The fraction of sp³-hybridized carbons (Fsp3) is 1.00. The van der Waals surface area contributed by atoms with Gasteiger partial charge in [0.25, 0.3) is 0 Å². The van der Waals surface area contributed by atoms with E-state index in [4.69, 9.17) is 0 Å². The van der Waals surface area contributed by atoms with Crippen LogP contribution in [0, 0.1) is 0 Å². The average molecular weight is 329 g/mol. The van der Waals surface area contributed by atoms with Gasteiger partial charge in [0.1, 0.15) is 6.54 Å². The second-order valence-corrected chi connectivity index (χ2v) is 6.79. The second-order valence-electron chi connectivity index (χ2n) is 4.86. The van der Waals surface area contributed by atoms with E-state index < -0.39 is 38.9 Å². The number of rotatable bonds is 8. The fourth-order valence-electron chi connectivity index (χ4n) is 1.17. The maximum Gasteiger partial charge on any atom is 0.453 e. The molecule has 0 saturated heterocycles. The first-order chi connectivity index (χ1) is 8.66. The molecular weight excluding hydrogens is 311 g/mol. The number of sulfonamides is 1. The lowest BCUT2D eigenvalue weighted by molar-refractivity contribution is -1.07. The number of hydrogen-bond donors (Lipinski definition) is 2. The molecule has 0 amide bonds. The Morgan fingerprint density at radius 1 is 1.15 bits per heavy atom. The summed E-state index contributed by atoms with van der Waals surface area (Å²) >= 11 is 0. The molecule has 11 heteroatoms. The molecule has 0 aromatic carbocycles. The molecule has 0 aliphatic heterocycles. The minimum absolute atomic E-state index is 0.151. The van der Waals surface area contributed by atoms with Crippen LogP contribution < -0.4 is 4.72 Å². The summed E-state index contributed by atoms with van der Waals surface area (Å²) in [5.74, 6) is -6.36. The van der Waals surface area contributed by atoms with Gasteiger partial charge in [0.15, 0.2) is 0 Å². The Morgan fingerprint density at radius 3 is 2.05 bits per heavy atom. The summed E-state index contributed by atoms with van der Waals surface area (Å²) in [7, 11) is -1.33. The van der Waals surface area contributed by atoms with Gasteiger partial charge in [-0.25, -0.2) is 18.3 Å². The first-order valence-electron chi connectivity index (χ1n) is 5.64. The highest BCUT2D eigenvalue weighted by molar-refractivity contribution is 7.89. The Bertz CT molecular complexity index is 403. The van der Waals surface area contributed by atoms with E-state index in [1.165, 1.54) is 14.1 Å². The molecule has 0 saturated carbocycles. The summed E-state index contributed by atoms with van der Waals surface area (Å²) in [6, 6.07) is 0. The first-order valence-corrected chi connectivity index (χ1v) is 7.29. The van der Waals surface area contributed by atoms with Gasteiger partial charge in [0.2, 0.25) is 10.0 Å². The van der Waals surface area contributed by atoms with Crippen molar-refractivity contribution in [2.75, 3.05) is 32.9 Å². The average Bonchev–Trinajstić information content (AvgIpc) is 2.19. The summed E-state index contributed by atoms with van der Waals surface area (Å²) in [5, 5.41) is 9.28. The molecule has 2 N–H and O–H groups in total. The molecule has 122 valence electrons. The number of quaternary nitrogens is 1. The van der Waals surface area contributed by atoms with Gasteiger partial charge in [0.05, 0.1) is 19.8 Å². The van der Waals surface area contributed by atoms with Crippen molar-refractivity contribution in [2.24, 2.45) is 0 Å². The maximum absolute atomic E-state index is 12.6. The van der Waals surface area contributed by atoms with Crippen molar-refractivity contribution in [1.82, 2.24) is 4.72 Å². The molecule has 0 rings (SSSR count). The van der Waals surface area contributed by atoms with Crippen LogP contribution >= 0.6 is 0 Å². The summed E-state index contributed by atoms with van der Waals surface area (Å²) < 4.78 is 84.7. The minimum Gasteiger partial charge on any atom is -0.217 e. The maximum atomic E-state index is 12.6. The molecule has 0 radical (unpaired) electrons. The molecule has 0 bridgehead atoms. The lowest BCUT2D eigenvalue weighted by atomic mass is 10.2. The van der Waals surface area contributed by atoms with Crippen molar-refractivity contribution in [2.45, 2.75) is 24.9 Å². The van der Waals surface area contributed by atoms with E-state index in [9.17, 15) is 35.6 Å². The number of hydroxylamine groups is 3. The van der Waals surface area contributed by atoms with Crippen LogP contribution in [-0.2, 0) is 10.0 Å². The van der Waals surface area contributed by atoms with E-state index in [0.717, 1.165) is 0 Å². The molecule has 0 aliphatic rings. The van der Waals surface area contributed by atoms with Gasteiger partial charge in [-0.05, 0) is 0 Å². The normalized spacial score (nSPS) is 14.6. The van der Waals surface area contributed by atoms with Crippen LogP contribution in [0.2, 0.25) is 0 Å². The predicted octanol–water partition coefficient (Wildman–Crippen LogP) is 1.35. The van der Waals surface area contributed by atoms with Gasteiger partial charge in [-0.15, -0.1) is 0 Å². The molecule has 5 nitrogen and oxygen atoms in total. The summed E-state index contributed by atoms with van der Waals surface area (Å²) in [6.07, 6.45) is -7.38. The van der Waals surface area contributed by atoms with Gasteiger partial charge in [-0.3, -0.25) is 0 Å². The van der Waals surface area contributed by atoms with Gasteiger partial charge in [-0.1, -0.05) is 0 Å². The zero-order valence-electron chi connectivity index (χ0n) is 11.0. The third kappa shape index (κ3) is 7.92. The van der Waals surface area contributed by atoms with Crippen molar-refractivity contribution < 1.29 is 40.2 Å². The Kier molecular flexibility index (Phi) is 6.33. The van der Waals surface area contributed by atoms with Crippen LogP contribution in [0.3, 0.4) is 0 Å². The highest BCUT2D eigenvalue weighted by atomic mass is 32.2. The molecule has 0 aliphatic carbocycles. The molecule has 0 spiro atoms. The molecule has 0 heterocycles. The van der Waals surface area contributed by atoms with Gasteiger partial charge < -0.3 is 0 Å². The lowest BCUT2D eigenvalue weighted by Gasteiger charge is -2.20. The van der Waals surface area contributed by atoms with Crippen molar-refractivity contribution in [3.63, 3.8) is 0 Å². The van der Waals surface area contributed by atoms with Crippen LogP contribution in [0.15, 0.2) is 0 Å². The van der Waals surface area contributed by atoms with Crippen LogP contribution in [0.4, 0.5) is 22.0 Å². The summed E-state index contributed by atoms with van der Waals surface area (Å²) in [6.45, 7) is 0.0450. The van der Waals surface area contributed by atoms with Crippen molar-refractivity contribution in [1.29, 1.82) is 0 Å². The van der Waals surface area contributed by atoms with Gasteiger partial charge >= 0.3 is 12.1 Å². The van der Waals surface area contributed by atoms with Crippen molar-refractivity contribution in [3.8, 4) is 0 Å². The highest BCUT2D eigenvalue weighted by Gasteiger charge is 2.57. The standard InChI is InChI=1S/C9H18F5N2O3S/c1-16(2,17)6-3-5-15-20(18,19)7-4-8(10,11)9(12,13)14/h15,17H,3-7H2,1-2H3/q+1. The van der Waals surface area contributed by atoms with E-state index in [2.05, 4.69) is 0 Å². The second kappa shape index (κ2) is 6.50. The van der Waals surface area contributed by atoms with Crippen LogP contribution in [0.5, 0.6) is 0 Å². The predicted molar refractivity (Wildman–Crippen MR) is 60.8 cm³/mol. The molecule has 0 aromatic heterocycles. The van der Waals surface area contributed by atoms with Crippen molar-refractivity contribution >= 4 is 10.0 Å². The van der Waals surface area contributed by atoms with Crippen LogP contribution in [0.25, 0.3) is 0 Å². The Balaban J connectivity index is 4.22. The SMILES string of the molecule is C[N+](C)(O)CCCNS(=O)(=O)CCC(F)(F)C(F)(F)F. The highest BCUT2D eigenvalue weighted by Crippen LogP contribution is 2.38. The molecule has 0 fully saturated rings. The van der Waals surface area contributed by atoms with E-state index in [1.54, 1.807) is 0 Å². The number of hydrogen-bond acceptors (Lipinski definition) is 3. The molecule has 20 heavy (non-hydrogen) atoms. The van der Waals surface area contributed by atoms with Crippen molar-refractivity contribution in [3.05, 3.63) is 0 Å². The smallest absolute Gasteiger partial charge is 0.217 e. The molecule has 0 unspecified atom stereocenters. The van der Waals surface area contributed by atoms with E-state index in [-0.39, 0.29) is 19.5 Å². The number of nitrogens with zero attached hydrogens (tertiary/aromatic N) is 1. The van der Waals surface area contributed by atoms with Gasteiger partial charge in [-0.2, -0.15) is 26.6 Å². The number of nitrogens with one attached hydrogen (secondary N) is 1. The summed E-state index contributed by atoms with van der Waals surface area (Å²) in [4.78, 5) is 0. The first kappa shape index (κ1) is 19.5. The zero-order valence-corrected chi connectivity index (χ0v) is 11.9. The lowest BCUT2D eigenvalue weighted by Crippen LogP contribution is -2.40. The number of halogens is 5. The topological polar surface area (TPSA) is 66.4 Å². The Labute approximate surface area is 114 Å². The fourth-order valence-corrected chi connectivity index (χ4v) is 2.29. The zero-order chi connectivity index (χ0) is 16.2. The van der Waals surface area contributed by atoms with E-state index >= 15 is 0 Å². The van der Waals surface area contributed by atoms with E-state index in [0.29, 0.717) is 0 Å².